The summed E-state index contributed by atoms with van der Waals surface area (Å²) >= 11 is 0. The van der Waals surface area contributed by atoms with Gasteiger partial charge in [0.05, 0.1) is 5.56 Å². The van der Waals surface area contributed by atoms with Crippen molar-refractivity contribution >= 4 is 5.78 Å². The van der Waals surface area contributed by atoms with Crippen molar-refractivity contribution in [2.45, 2.75) is 40.2 Å². The van der Waals surface area contributed by atoms with Crippen molar-refractivity contribution < 1.29 is 13.9 Å². The van der Waals surface area contributed by atoms with Gasteiger partial charge in [-0.1, -0.05) is 27.7 Å². The van der Waals surface area contributed by atoms with Crippen molar-refractivity contribution in [2.75, 3.05) is 0 Å². The predicted molar refractivity (Wildman–Crippen MR) is 72.9 cm³/mol. The van der Waals surface area contributed by atoms with Crippen LogP contribution in [0.4, 0.5) is 4.39 Å². The van der Waals surface area contributed by atoms with Gasteiger partial charge in [0.15, 0.2) is 5.78 Å². The second-order valence-corrected chi connectivity index (χ2v) is 5.99. The van der Waals surface area contributed by atoms with Crippen LogP contribution >= 0.6 is 0 Å². The normalized spacial score (nSPS) is 18.9. The van der Waals surface area contributed by atoms with Crippen molar-refractivity contribution in [3.63, 3.8) is 0 Å². The highest BCUT2D eigenvalue weighted by Crippen LogP contribution is 2.35. The summed E-state index contributed by atoms with van der Waals surface area (Å²) in [6, 6.07) is 4.14. The molecule has 0 fully saturated rings. The van der Waals surface area contributed by atoms with Gasteiger partial charge in [-0.25, -0.2) is 4.39 Å². The van der Waals surface area contributed by atoms with Gasteiger partial charge in [-0.2, -0.15) is 0 Å². The molecule has 1 aromatic carbocycles. The Balaban J connectivity index is 2.31. The largest absolute Gasteiger partial charge is 0.489 e. The van der Waals surface area contributed by atoms with Crippen LogP contribution in [0.25, 0.3) is 0 Å². The molecule has 1 unspecified atom stereocenters. The van der Waals surface area contributed by atoms with Gasteiger partial charge in [0, 0.05) is 18.4 Å². The lowest BCUT2D eigenvalue weighted by Crippen LogP contribution is -2.39. The summed E-state index contributed by atoms with van der Waals surface area (Å²) in [6.45, 7) is 8.55. The second kappa shape index (κ2) is 5.32. The molecule has 0 bridgehead atoms. The lowest BCUT2D eigenvalue weighted by Gasteiger charge is -2.36. The average molecular weight is 264 g/mol. The smallest absolute Gasteiger partial charge is 0.170 e. The molecule has 2 nitrogen and oxygen atoms in total. The minimum Gasteiger partial charge on any atom is -0.489 e. The fraction of sp³-hybridized carbons (Fsp3) is 0.562. The first kappa shape index (κ1) is 14.0. The SMILES string of the molecule is CC(C)C(C(C)C)C1CC(=O)c2ccc(F)cc2O1. The lowest BCUT2D eigenvalue weighted by molar-refractivity contribution is 0.0490. The van der Waals surface area contributed by atoms with E-state index in [1.165, 1.54) is 18.2 Å². The Labute approximate surface area is 114 Å². The standard InChI is InChI=1S/C16H21FO2/c1-9(2)16(10(3)4)15-8-13(18)12-6-5-11(17)7-14(12)19-15/h5-7,9-10,15-16H,8H2,1-4H3. The topological polar surface area (TPSA) is 26.3 Å². The number of hydrogen-bond donors (Lipinski definition) is 0. The molecule has 19 heavy (non-hydrogen) atoms. The quantitative estimate of drug-likeness (QED) is 0.822. The number of carbonyl (C=O) groups is 1. The third kappa shape index (κ3) is 2.80. The molecule has 1 aliphatic rings. The molecular weight excluding hydrogens is 243 g/mol. The van der Waals surface area contributed by atoms with E-state index in [1.54, 1.807) is 0 Å². The van der Waals surface area contributed by atoms with Gasteiger partial charge in [0.1, 0.15) is 17.7 Å². The number of carbonyl (C=O) groups excluding carboxylic acids is 1. The molecule has 0 N–H and O–H groups in total. The van der Waals surface area contributed by atoms with Crippen molar-refractivity contribution in [2.24, 2.45) is 17.8 Å². The van der Waals surface area contributed by atoms with E-state index in [0.29, 0.717) is 35.5 Å². The first-order valence-corrected chi connectivity index (χ1v) is 6.89. The van der Waals surface area contributed by atoms with E-state index in [0.717, 1.165) is 0 Å². The highest BCUT2D eigenvalue weighted by molar-refractivity contribution is 5.99. The summed E-state index contributed by atoms with van der Waals surface area (Å²) in [5.74, 6) is 1.23. The molecule has 0 saturated heterocycles. The zero-order valence-corrected chi connectivity index (χ0v) is 11.9. The molecule has 3 heteroatoms. The van der Waals surface area contributed by atoms with E-state index in [-0.39, 0.29) is 17.7 Å². The number of hydrogen-bond acceptors (Lipinski definition) is 2. The third-order valence-corrected chi connectivity index (χ3v) is 3.88. The van der Waals surface area contributed by atoms with Crippen LogP contribution in [0.15, 0.2) is 18.2 Å². The molecule has 1 heterocycles. The molecule has 0 radical (unpaired) electrons. The highest BCUT2D eigenvalue weighted by atomic mass is 19.1. The summed E-state index contributed by atoms with van der Waals surface area (Å²) in [6.07, 6.45) is 0.237. The van der Waals surface area contributed by atoms with E-state index < -0.39 is 0 Å². The van der Waals surface area contributed by atoms with Gasteiger partial charge in [-0.15, -0.1) is 0 Å². The number of rotatable bonds is 3. The maximum absolute atomic E-state index is 13.3. The molecule has 104 valence electrons. The summed E-state index contributed by atoms with van der Waals surface area (Å²) in [5.41, 5.74) is 0.504. The predicted octanol–water partition coefficient (Wildman–Crippen LogP) is 4.09. The molecule has 2 rings (SSSR count). The number of ketones is 1. The Morgan fingerprint density at radius 1 is 1.21 bits per heavy atom. The van der Waals surface area contributed by atoms with E-state index in [2.05, 4.69) is 27.7 Å². The van der Waals surface area contributed by atoms with Gasteiger partial charge in [0.2, 0.25) is 0 Å². The number of Topliss-reactive ketones (excluding diaryl/α,β-unsaturated/α-hetero) is 1. The van der Waals surface area contributed by atoms with Gasteiger partial charge in [0.25, 0.3) is 0 Å². The van der Waals surface area contributed by atoms with Crippen molar-refractivity contribution in [3.8, 4) is 5.75 Å². The van der Waals surface area contributed by atoms with Crippen LogP contribution < -0.4 is 4.74 Å². The molecule has 0 aromatic heterocycles. The van der Waals surface area contributed by atoms with Gasteiger partial charge in [-0.05, 0) is 24.0 Å². The van der Waals surface area contributed by atoms with E-state index in [1.807, 2.05) is 0 Å². The van der Waals surface area contributed by atoms with Crippen LogP contribution in [0, 0.1) is 23.6 Å². The van der Waals surface area contributed by atoms with Crippen molar-refractivity contribution in [3.05, 3.63) is 29.6 Å². The summed E-state index contributed by atoms with van der Waals surface area (Å²) in [5, 5.41) is 0. The number of benzene rings is 1. The van der Waals surface area contributed by atoms with E-state index in [4.69, 9.17) is 4.74 Å². The monoisotopic (exact) mass is 264 g/mol. The third-order valence-electron chi connectivity index (χ3n) is 3.88. The summed E-state index contributed by atoms with van der Waals surface area (Å²) in [7, 11) is 0. The van der Waals surface area contributed by atoms with E-state index >= 15 is 0 Å². The van der Waals surface area contributed by atoms with Crippen LogP contribution in [0.1, 0.15) is 44.5 Å². The molecule has 1 aliphatic heterocycles. The van der Waals surface area contributed by atoms with Gasteiger partial charge in [-0.3, -0.25) is 4.79 Å². The molecule has 0 amide bonds. The summed E-state index contributed by atoms with van der Waals surface area (Å²) in [4.78, 5) is 12.2. The zero-order valence-electron chi connectivity index (χ0n) is 11.9. The summed E-state index contributed by atoms with van der Waals surface area (Å²) < 4.78 is 19.2. The Kier molecular flexibility index (Phi) is 3.93. The lowest BCUT2D eigenvalue weighted by atomic mass is 9.78. The molecular formula is C16H21FO2. The Morgan fingerprint density at radius 2 is 1.84 bits per heavy atom. The maximum Gasteiger partial charge on any atom is 0.170 e. The number of ether oxygens (including phenoxy) is 1. The van der Waals surface area contributed by atoms with Crippen LogP contribution in [-0.2, 0) is 0 Å². The first-order valence-electron chi connectivity index (χ1n) is 6.89. The minimum atomic E-state index is -0.363. The van der Waals surface area contributed by atoms with Crippen LogP contribution in [-0.4, -0.2) is 11.9 Å². The van der Waals surface area contributed by atoms with Gasteiger partial charge < -0.3 is 4.74 Å². The van der Waals surface area contributed by atoms with Crippen LogP contribution in [0.3, 0.4) is 0 Å². The second-order valence-electron chi connectivity index (χ2n) is 5.99. The van der Waals surface area contributed by atoms with E-state index in [9.17, 15) is 9.18 Å². The van der Waals surface area contributed by atoms with Crippen molar-refractivity contribution in [1.82, 2.24) is 0 Å². The van der Waals surface area contributed by atoms with Crippen LogP contribution in [0.2, 0.25) is 0 Å². The molecule has 0 aliphatic carbocycles. The van der Waals surface area contributed by atoms with Gasteiger partial charge >= 0.3 is 0 Å². The fourth-order valence-electron chi connectivity index (χ4n) is 3.16. The first-order chi connectivity index (χ1) is 8.90. The highest BCUT2D eigenvalue weighted by Gasteiger charge is 2.35. The Hall–Kier alpha value is -1.38. The number of halogens is 1. The Bertz CT molecular complexity index is 472. The molecule has 1 aromatic rings. The number of fused-ring (bicyclic) bond motifs is 1. The zero-order chi connectivity index (χ0) is 14.2. The Morgan fingerprint density at radius 3 is 2.42 bits per heavy atom. The van der Waals surface area contributed by atoms with Crippen LogP contribution in [0.5, 0.6) is 5.75 Å². The minimum absolute atomic E-state index is 0.0533. The van der Waals surface area contributed by atoms with Crippen molar-refractivity contribution in [1.29, 1.82) is 0 Å². The molecule has 0 spiro atoms. The molecule has 1 atom stereocenters. The maximum atomic E-state index is 13.3. The molecule has 0 saturated carbocycles. The average Bonchev–Trinajstić information content (AvgIpc) is 2.26. The fourth-order valence-corrected chi connectivity index (χ4v) is 3.16.